The Labute approximate surface area is 110 Å². The van der Waals surface area contributed by atoms with Crippen LogP contribution in [0.25, 0.3) is 10.8 Å². The van der Waals surface area contributed by atoms with Crippen LogP contribution < -0.4 is 11.3 Å². The predicted octanol–water partition coefficient (Wildman–Crippen LogP) is 2.65. The second-order valence-corrected chi connectivity index (χ2v) is 5.90. The molecular weight excluding hydrogens is 244 g/mol. The first-order chi connectivity index (χ1) is 8.77. The minimum atomic E-state index is 0.0579. The van der Waals surface area contributed by atoms with E-state index < -0.39 is 0 Å². The molecule has 0 saturated carbocycles. The van der Waals surface area contributed by atoms with Gasteiger partial charge >= 0.3 is 0 Å². The monoisotopic (exact) mass is 260 g/mol. The zero-order valence-electron chi connectivity index (χ0n) is 10.1. The highest BCUT2D eigenvalue weighted by Gasteiger charge is 2.19. The van der Waals surface area contributed by atoms with Crippen LogP contribution in [0.5, 0.6) is 0 Å². The Morgan fingerprint density at radius 2 is 1.94 bits per heavy atom. The van der Waals surface area contributed by atoms with Crippen LogP contribution in [0.3, 0.4) is 0 Å². The topological polar surface area (TPSA) is 48.0 Å². The first-order valence-corrected chi connectivity index (χ1v) is 7.40. The fourth-order valence-electron chi connectivity index (χ4n) is 2.61. The fourth-order valence-corrected chi connectivity index (χ4v) is 3.70. The summed E-state index contributed by atoms with van der Waals surface area (Å²) in [5, 5.41) is 1.70. The maximum Gasteiger partial charge on any atom is 0.260 e. The lowest BCUT2D eigenvalue weighted by Crippen LogP contribution is -2.29. The molecule has 1 fully saturated rings. The first kappa shape index (κ1) is 11.7. The Kier molecular flexibility index (Phi) is 3.04. The third-order valence-corrected chi connectivity index (χ3v) is 4.60. The molecule has 0 bridgehead atoms. The van der Waals surface area contributed by atoms with Crippen LogP contribution in [0.4, 0.5) is 5.82 Å². The molecule has 1 aliphatic heterocycles. The lowest BCUT2D eigenvalue weighted by Gasteiger charge is -2.25. The number of benzene rings is 1. The van der Waals surface area contributed by atoms with Crippen molar-refractivity contribution in [3.8, 4) is 0 Å². The summed E-state index contributed by atoms with van der Waals surface area (Å²) < 4.78 is 1.79. The molecule has 0 aliphatic carbocycles. The van der Waals surface area contributed by atoms with E-state index in [9.17, 15) is 4.79 Å². The van der Waals surface area contributed by atoms with Crippen LogP contribution in [0.1, 0.15) is 18.9 Å². The van der Waals surface area contributed by atoms with Gasteiger partial charge in [-0.25, -0.2) is 0 Å². The molecule has 94 valence electrons. The Balaban J connectivity index is 2.19. The molecule has 2 heterocycles. The summed E-state index contributed by atoms with van der Waals surface area (Å²) >= 11 is 1.95. The number of pyridine rings is 1. The van der Waals surface area contributed by atoms with Crippen molar-refractivity contribution in [1.82, 2.24) is 4.57 Å². The van der Waals surface area contributed by atoms with E-state index in [1.165, 1.54) is 0 Å². The number of fused-ring (bicyclic) bond motifs is 1. The van der Waals surface area contributed by atoms with Gasteiger partial charge in [-0.15, -0.1) is 0 Å². The number of nitrogen functional groups attached to an aromatic ring is 1. The molecule has 1 aromatic heterocycles. The van der Waals surface area contributed by atoms with Gasteiger partial charge in [0.2, 0.25) is 0 Å². The largest absolute Gasteiger partial charge is 0.385 e. The summed E-state index contributed by atoms with van der Waals surface area (Å²) in [7, 11) is 0. The summed E-state index contributed by atoms with van der Waals surface area (Å²) in [6.45, 7) is 0. The molecule has 2 N–H and O–H groups in total. The van der Waals surface area contributed by atoms with Crippen molar-refractivity contribution < 1.29 is 0 Å². The molecular formula is C14H16N2OS. The molecule has 0 unspecified atom stereocenters. The summed E-state index contributed by atoms with van der Waals surface area (Å²) in [5.74, 6) is 2.82. The molecule has 0 radical (unpaired) electrons. The Bertz CT molecular complexity index is 629. The van der Waals surface area contributed by atoms with Gasteiger partial charge in [0.1, 0.15) is 5.82 Å². The minimum Gasteiger partial charge on any atom is -0.385 e. The van der Waals surface area contributed by atoms with Crippen molar-refractivity contribution in [3.63, 3.8) is 0 Å². The smallest absolute Gasteiger partial charge is 0.260 e. The molecule has 4 heteroatoms. The first-order valence-electron chi connectivity index (χ1n) is 6.25. The number of nitrogens with zero attached hydrogens (tertiary/aromatic N) is 1. The standard InChI is InChI=1S/C14H16N2OS/c15-13-9-10-3-1-2-4-12(10)14(17)16(13)11-5-7-18-8-6-11/h1-4,9,11H,5-8,15H2. The van der Waals surface area contributed by atoms with Crippen molar-refractivity contribution in [1.29, 1.82) is 0 Å². The number of anilines is 1. The zero-order valence-corrected chi connectivity index (χ0v) is 11.0. The van der Waals surface area contributed by atoms with Crippen molar-refractivity contribution in [2.75, 3.05) is 17.2 Å². The average Bonchev–Trinajstić information content (AvgIpc) is 2.40. The number of rotatable bonds is 1. The average molecular weight is 260 g/mol. The van der Waals surface area contributed by atoms with Crippen molar-refractivity contribution >= 4 is 28.4 Å². The molecule has 0 amide bonds. The molecule has 1 aliphatic rings. The van der Waals surface area contributed by atoms with E-state index in [2.05, 4.69) is 0 Å². The predicted molar refractivity (Wildman–Crippen MR) is 78.2 cm³/mol. The quantitative estimate of drug-likeness (QED) is 0.857. The molecule has 3 nitrogen and oxygen atoms in total. The number of aromatic nitrogens is 1. The van der Waals surface area contributed by atoms with Gasteiger partial charge in [-0.2, -0.15) is 11.8 Å². The van der Waals surface area contributed by atoms with E-state index in [1.807, 2.05) is 42.1 Å². The Morgan fingerprint density at radius 1 is 1.22 bits per heavy atom. The van der Waals surface area contributed by atoms with Crippen molar-refractivity contribution in [2.24, 2.45) is 0 Å². The molecule has 1 saturated heterocycles. The molecule has 3 rings (SSSR count). The van der Waals surface area contributed by atoms with Gasteiger partial charge in [-0.1, -0.05) is 18.2 Å². The molecule has 18 heavy (non-hydrogen) atoms. The summed E-state index contributed by atoms with van der Waals surface area (Å²) in [6.07, 6.45) is 2.07. The number of nitrogens with two attached hydrogens (primary N) is 1. The van der Waals surface area contributed by atoms with E-state index in [4.69, 9.17) is 5.73 Å². The van der Waals surface area contributed by atoms with Gasteiger partial charge in [0.05, 0.1) is 0 Å². The minimum absolute atomic E-state index is 0.0579. The highest BCUT2D eigenvalue weighted by Crippen LogP contribution is 2.28. The van der Waals surface area contributed by atoms with Gasteiger partial charge in [0.25, 0.3) is 5.56 Å². The fraction of sp³-hybridized carbons (Fsp3) is 0.357. The maximum absolute atomic E-state index is 12.5. The third-order valence-electron chi connectivity index (χ3n) is 3.55. The van der Waals surface area contributed by atoms with Gasteiger partial charge < -0.3 is 5.73 Å². The molecule has 1 aromatic carbocycles. The van der Waals surface area contributed by atoms with Crippen LogP contribution >= 0.6 is 11.8 Å². The molecule has 0 spiro atoms. The SMILES string of the molecule is Nc1cc2ccccc2c(=O)n1C1CCSCC1. The Morgan fingerprint density at radius 3 is 2.72 bits per heavy atom. The lowest BCUT2D eigenvalue weighted by atomic mass is 10.1. The summed E-state index contributed by atoms with van der Waals surface area (Å²) in [5.41, 5.74) is 6.13. The van der Waals surface area contributed by atoms with Crippen molar-refractivity contribution in [2.45, 2.75) is 18.9 Å². The number of hydrogen-bond acceptors (Lipinski definition) is 3. The summed E-state index contributed by atoms with van der Waals surface area (Å²) in [6, 6.07) is 9.84. The third kappa shape index (κ3) is 1.90. The number of hydrogen-bond donors (Lipinski definition) is 1. The highest BCUT2D eigenvalue weighted by atomic mass is 32.2. The van der Waals surface area contributed by atoms with E-state index in [0.29, 0.717) is 5.82 Å². The van der Waals surface area contributed by atoms with Crippen LogP contribution in [-0.2, 0) is 0 Å². The second-order valence-electron chi connectivity index (χ2n) is 4.68. The van der Waals surface area contributed by atoms with E-state index in [-0.39, 0.29) is 11.6 Å². The van der Waals surface area contributed by atoms with Gasteiger partial charge in [0, 0.05) is 11.4 Å². The van der Waals surface area contributed by atoms with Crippen LogP contribution in [-0.4, -0.2) is 16.1 Å². The Hall–Kier alpha value is -1.42. The van der Waals surface area contributed by atoms with Crippen LogP contribution in [0.15, 0.2) is 35.1 Å². The maximum atomic E-state index is 12.5. The van der Waals surface area contributed by atoms with Crippen LogP contribution in [0.2, 0.25) is 0 Å². The van der Waals surface area contributed by atoms with E-state index in [1.54, 1.807) is 4.57 Å². The second kappa shape index (κ2) is 4.69. The van der Waals surface area contributed by atoms with E-state index >= 15 is 0 Å². The van der Waals surface area contributed by atoms with E-state index in [0.717, 1.165) is 35.1 Å². The van der Waals surface area contributed by atoms with Gasteiger partial charge in [0.15, 0.2) is 0 Å². The van der Waals surface area contributed by atoms with Crippen LogP contribution in [0, 0.1) is 0 Å². The normalized spacial score (nSPS) is 17.1. The lowest BCUT2D eigenvalue weighted by molar-refractivity contribution is 0.465. The molecule has 0 atom stereocenters. The van der Waals surface area contributed by atoms with Gasteiger partial charge in [-0.05, 0) is 41.9 Å². The van der Waals surface area contributed by atoms with Gasteiger partial charge in [-0.3, -0.25) is 9.36 Å². The zero-order chi connectivity index (χ0) is 12.5. The summed E-state index contributed by atoms with van der Waals surface area (Å²) in [4.78, 5) is 12.5. The highest BCUT2D eigenvalue weighted by molar-refractivity contribution is 7.99. The van der Waals surface area contributed by atoms with Crippen molar-refractivity contribution in [3.05, 3.63) is 40.7 Å². The number of thioether (sulfide) groups is 1. The molecule has 2 aromatic rings.